The first-order valence-electron chi connectivity index (χ1n) is 11.3. The molecule has 0 unspecified atom stereocenters. The summed E-state index contributed by atoms with van der Waals surface area (Å²) in [6, 6.07) is 16.5. The summed E-state index contributed by atoms with van der Waals surface area (Å²) in [4.78, 5) is 0. The van der Waals surface area contributed by atoms with Crippen LogP contribution >= 0.6 is 0 Å². The molecule has 168 valence electrons. The van der Waals surface area contributed by atoms with Gasteiger partial charge in [-0.3, -0.25) is 0 Å². The zero-order valence-corrected chi connectivity index (χ0v) is 20.6. The zero-order valence-electron chi connectivity index (χ0n) is 20.6. The van der Waals surface area contributed by atoms with Gasteiger partial charge in [-0.05, 0) is 83.0 Å². The first kappa shape index (κ1) is 23.3. The van der Waals surface area contributed by atoms with Gasteiger partial charge in [0.15, 0.2) is 0 Å². The van der Waals surface area contributed by atoms with Crippen LogP contribution in [0, 0.1) is 0 Å². The van der Waals surface area contributed by atoms with Crippen LogP contribution < -0.4 is 10.9 Å². The lowest BCUT2D eigenvalue weighted by Crippen LogP contribution is -2.41. The SMILES string of the molecule is C=C(c1ccc(B2OC(C)(C)C(C)(C)O2)cc1)c1ccc(B2OC(C)(C)C(C)(C)O2)cc1. The fraction of sp³-hybridized carbons (Fsp3) is 0.462. The van der Waals surface area contributed by atoms with E-state index >= 15 is 0 Å². The lowest BCUT2D eigenvalue weighted by Gasteiger charge is -2.32. The summed E-state index contributed by atoms with van der Waals surface area (Å²) in [7, 11) is -0.719. The Balaban J connectivity index is 1.46. The lowest BCUT2D eigenvalue weighted by atomic mass is 9.77. The molecule has 2 aromatic carbocycles. The van der Waals surface area contributed by atoms with Crippen LogP contribution in [0.15, 0.2) is 55.1 Å². The Kier molecular flexibility index (Phi) is 5.53. The third kappa shape index (κ3) is 3.99. The zero-order chi connectivity index (χ0) is 23.5. The van der Waals surface area contributed by atoms with E-state index in [1.165, 1.54) is 0 Å². The summed E-state index contributed by atoms with van der Waals surface area (Å²) >= 11 is 0. The Morgan fingerprint density at radius 2 is 0.781 bits per heavy atom. The van der Waals surface area contributed by atoms with Crippen molar-refractivity contribution < 1.29 is 18.6 Å². The smallest absolute Gasteiger partial charge is 0.399 e. The summed E-state index contributed by atoms with van der Waals surface area (Å²) in [6.45, 7) is 20.8. The summed E-state index contributed by atoms with van der Waals surface area (Å²) in [5, 5.41) is 0. The third-order valence-corrected chi connectivity index (χ3v) is 7.57. The van der Waals surface area contributed by atoms with Crippen LogP contribution in [0.3, 0.4) is 0 Å². The van der Waals surface area contributed by atoms with Gasteiger partial charge in [-0.2, -0.15) is 0 Å². The summed E-state index contributed by atoms with van der Waals surface area (Å²) in [6.07, 6.45) is 0. The molecule has 2 saturated heterocycles. The standard InChI is InChI=1S/C26H34B2O4/c1-18(19-10-14-21(15-11-19)27-29-23(2,3)24(4,5)30-27)20-12-16-22(17-13-20)28-31-25(6,7)26(8,9)32-28/h10-17H,1H2,2-9H3. The molecule has 0 atom stereocenters. The van der Waals surface area contributed by atoms with Crippen molar-refractivity contribution in [3.05, 3.63) is 66.2 Å². The van der Waals surface area contributed by atoms with E-state index in [1.807, 2.05) is 0 Å². The summed E-state index contributed by atoms with van der Waals surface area (Å²) in [5.41, 5.74) is 3.72. The molecule has 2 heterocycles. The molecule has 2 aromatic rings. The van der Waals surface area contributed by atoms with E-state index in [-0.39, 0.29) is 36.6 Å². The molecule has 0 N–H and O–H groups in total. The van der Waals surface area contributed by atoms with E-state index in [9.17, 15) is 0 Å². The third-order valence-electron chi connectivity index (χ3n) is 7.57. The predicted octanol–water partition coefficient (Wildman–Crippen LogP) is 4.35. The maximum Gasteiger partial charge on any atom is 0.494 e. The maximum absolute atomic E-state index is 6.16. The van der Waals surface area contributed by atoms with Gasteiger partial charge in [0, 0.05) is 0 Å². The molecule has 0 spiro atoms. The highest BCUT2D eigenvalue weighted by Crippen LogP contribution is 2.37. The Labute approximate surface area is 193 Å². The molecule has 4 rings (SSSR count). The molecule has 0 bridgehead atoms. The molecule has 6 heteroatoms. The lowest BCUT2D eigenvalue weighted by molar-refractivity contribution is 0.00578. The van der Waals surface area contributed by atoms with Gasteiger partial charge >= 0.3 is 14.2 Å². The molecule has 32 heavy (non-hydrogen) atoms. The normalized spacial score (nSPS) is 22.9. The van der Waals surface area contributed by atoms with E-state index in [4.69, 9.17) is 18.6 Å². The van der Waals surface area contributed by atoms with Crippen LogP contribution in [0.5, 0.6) is 0 Å². The van der Waals surface area contributed by atoms with Crippen molar-refractivity contribution >= 4 is 30.7 Å². The Morgan fingerprint density at radius 3 is 1.03 bits per heavy atom. The molecule has 0 aromatic heterocycles. The number of rotatable bonds is 4. The van der Waals surface area contributed by atoms with Crippen LogP contribution in [-0.4, -0.2) is 36.6 Å². The molecule has 2 aliphatic rings. The van der Waals surface area contributed by atoms with Crippen molar-refractivity contribution in [2.45, 2.75) is 77.8 Å². The average molecular weight is 432 g/mol. The Morgan fingerprint density at radius 1 is 0.531 bits per heavy atom. The maximum atomic E-state index is 6.16. The highest BCUT2D eigenvalue weighted by atomic mass is 16.7. The van der Waals surface area contributed by atoms with Crippen molar-refractivity contribution in [1.82, 2.24) is 0 Å². The minimum Gasteiger partial charge on any atom is -0.399 e. The van der Waals surface area contributed by atoms with Gasteiger partial charge in [-0.25, -0.2) is 0 Å². The van der Waals surface area contributed by atoms with E-state index in [1.54, 1.807) is 0 Å². The minimum atomic E-state index is -0.360. The van der Waals surface area contributed by atoms with E-state index < -0.39 is 0 Å². The highest BCUT2D eigenvalue weighted by molar-refractivity contribution is 6.62. The largest absolute Gasteiger partial charge is 0.494 e. The first-order valence-corrected chi connectivity index (χ1v) is 11.3. The molecule has 2 fully saturated rings. The molecular formula is C26H34B2O4. The molecule has 4 nitrogen and oxygen atoms in total. The fourth-order valence-corrected chi connectivity index (χ4v) is 3.81. The second-order valence-corrected chi connectivity index (χ2v) is 10.9. The van der Waals surface area contributed by atoms with Crippen LogP contribution in [0.2, 0.25) is 0 Å². The molecular weight excluding hydrogens is 398 g/mol. The highest BCUT2D eigenvalue weighted by Gasteiger charge is 2.52. The van der Waals surface area contributed by atoms with Crippen LogP contribution in [0.4, 0.5) is 0 Å². The fourth-order valence-electron chi connectivity index (χ4n) is 3.81. The van der Waals surface area contributed by atoms with Gasteiger partial charge in [0.1, 0.15) is 0 Å². The second-order valence-electron chi connectivity index (χ2n) is 10.9. The van der Waals surface area contributed by atoms with E-state index in [0.717, 1.165) is 27.6 Å². The van der Waals surface area contributed by atoms with Crippen molar-refractivity contribution in [3.63, 3.8) is 0 Å². The molecule has 2 aliphatic heterocycles. The number of hydrogen-bond donors (Lipinski definition) is 0. The molecule has 0 amide bonds. The summed E-state index contributed by atoms with van der Waals surface area (Å²) in [5.74, 6) is 0. The number of hydrogen-bond acceptors (Lipinski definition) is 4. The van der Waals surface area contributed by atoms with Crippen molar-refractivity contribution in [2.75, 3.05) is 0 Å². The molecule has 0 radical (unpaired) electrons. The average Bonchev–Trinajstić information content (AvgIpc) is 3.07. The summed E-state index contributed by atoms with van der Waals surface area (Å²) < 4.78 is 24.6. The minimum absolute atomic E-state index is 0.348. The van der Waals surface area contributed by atoms with E-state index in [0.29, 0.717) is 0 Å². The number of benzene rings is 2. The first-order chi connectivity index (χ1) is 14.7. The van der Waals surface area contributed by atoms with Crippen LogP contribution in [0.25, 0.3) is 5.57 Å². The van der Waals surface area contributed by atoms with Crippen molar-refractivity contribution in [3.8, 4) is 0 Å². The Bertz CT molecular complexity index is 894. The van der Waals surface area contributed by atoms with Gasteiger partial charge in [-0.15, -0.1) is 0 Å². The monoisotopic (exact) mass is 432 g/mol. The van der Waals surface area contributed by atoms with Gasteiger partial charge in [0.25, 0.3) is 0 Å². The van der Waals surface area contributed by atoms with Crippen molar-refractivity contribution in [1.29, 1.82) is 0 Å². The van der Waals surface area contributed by atoms with Gasteiger partial charge in [0.2, 0.25) is 0 Å². The second kappa shape index (κ2) is 7.59. The van der Waals surface area contributed by atoms with E-state index in [2.05, 4.69) is 110 Å². The van der Waals surface area contributed by atoms with Crippen LogP contribution in [-0.2, 0) is 18.6 Å². The van der Waals surface area contributed by atoms with Gasteiger partial charge in [0.05, 0.1) is 22.4 Å². The predicted molar refractivity (Wildman–Crippen MR) is 132 cm³/mol. The quantitative estimate of drug-likeness (QED) is 0.674. The van der Waals surface area contributed by atoms with Gasteiger partial charge in [-0.1, -0.05) is 55.1 Å². The van der Waals surface area contributed by atoms with Crippen LogP contribution in [0.1, 0.15) is 66.5 Å². The Hall–Kier alpha value is -1.85. The molecule has 0 aliphatic carbocycles. The topological polar surface area (TPSA) is 36.9 Å². The van der Waals surface area contributed by atoms with Gasteiger partial charge < -0.3 is 18.6 Å². The molecule has 0 saturated carbocycles. The van der Waals surface area contributed by atoms with Crippen molar-refractivity contribution in [2.24, 2.45) is 0 Å².